The Morgan fingerprint density at radius 3 is 2.57 bits per heavy atom. The lowest BCUT2D eigenvalue weighted by molar-refractivity contribution is -0.131. The van der Waals surface area contributed by atoms with E-state index in [1.165, 1.54) is 0 Å². The van der Waals surface area contributed by atoms with Crippen molar-refractivity contribution < 1.29 is 23.8 Å². The number of benzene rings is 1. The van der Waals surface area contributed by atoms with E-state index in [0.717, 1.165) is 25.1 Å². The summed E-state index contributed by atoms with van der Waals surface area (Å²) in [6, 6.07) is 2.87. The summed E-state index contributed by atoms with van der Waals surface area (Å²) in [6.45, 7) is 1.11. The number of carboxylic acids is 1. The Hall–Kier alpha value is -1.91. The lowest BCUT2D eigenvalue weighted by Gasteiger charge is -2.04. The summed E-state index contributed by atoms with van der Waals surface area (Å²) in [5, 5.41) is 8.66. The normalized spacial score (nSPS) is 9.57. The molecule has 1 N–H and O–H groups in total. The largest absolute Gasteiger partial charge is 0.478 e. The zero-order chi connectivity index (χ0) is 10.7. The lowest BCUT2D eigenvalue weighted by Crippen LogP contribution is -2.07. The second-order valence-corrected chi connectivity index (χ2v) is 2.54. The summed E-state index contributed by atoms with van der Waals surface area (Å²) in [4.78, 5) is 21.2. The van der Waals surface area contributed by atoms with E-state index in [1.807, 2.05) is 0 Å². The van der Waals surface area contributed by atoms with Gasteiger partial charge in [0.05, 0.1) is 0 Å². The van der Waals surface area contributed by atoms with Gasteiger partial charge in [-0.05, 0) is 12.1 Å². The summed E-state index contributed by atoms with van der Waals surface area (Å²) in [5.41, 5.74) is -0.249. The molecule has 0 spiro atoms. The summed E-state index contributed by atoms with van der Waals surface area (Å²) >= 11 is 0. The number of ether oxygens (including phenoxy) is 1. The van der Waals surface area contributed by atoms with Gasteiger partial charge in [-0.2, -0.15) is 0 Å². The topological polar surface area (TPSA) is 63.6 Å². The van der Waals surface area contributed by atoms with E-state index < -0.39 is 17.8 Å². The molecule has 0 radical (unpaired) electrons. The van der Waals surface area contributed by atoms with Crippen LogP contribution in [-0.4, -0.2) is 17.0 Å². The quantitative estimate of drug-likeness (QED) is 0.577. The van der Waals surface area contributed by atoms with Crippen LogP contribution < -0.4 is 4.74 Å². The van der Waals surface area contributed by atoms with Crippen LogP contribution in [0.3, 0.4) is 0 Å². The van der Waals surface area contributed by atoms with Crippen LogP contribution in [-0.2, 0) is 4.79 Å². The fraction of sp³-hybridized carbons (Fsp3) is 0.111. The van der Waals surface area contributed by atoms with Gasteiger partial charge in [-0.25, -0.2) is 9.18 Å². The van der Waals surface area contributed by atoms with Gasteiger partial charge in [0, 0.05) is 13.0 Å². The molecule has 0 atom stereocenters. The highest BCUT2D eigenvalue weighted by molar-refractivity contribution is 5.91. The maximum atomic E-state index is 12.7. The molecule has 0 unspecified atom stereocenters. The van der Waals surface area contributed by atoms with Crippen LogP contribution in [0.4, 0.5) is 4.39 Å². The fourth-order valence-electron chi connectivity index (χ4n) is 0.912. The number of halogens is 1. The van der Waals surface area contributed by atoms with Crippen LogP contribution in [0.15, 0.2) is 18.2 Å². The predicted octanol–water partition coefficient (Wildman–Crippen LogP) is 1.45. The first-order chi connectivity index (χ1) is 6.50. The van der Waals surface area contributed by atoms with Gasteiger partial charge in [-0.1, -0.05) is 0 Å². The van der Waals surface area contributed by atoms with Crippen LogP contribution in [0.2, 0.25) is 0 Å². The van der Waals surface area contributed by atoms with E-state index in [2.05, 4.69) is 4.74 Å². The third kappa shape index (κ3) is 2.29. The minimum Gasteiger partial charge on any atom is -0.478 e. The van der Waals surface area contributed by atoms with Crippen molar-refractivity contribution in [2.75, 3.05) is 0 Å². The third-order valence-corrected chi connectivity index (χ3v) is 1.43. The molecule has 1 rings (SSSR count). The first-order valence-electron chi connectivity index (χ1n) is 3.72. The first-order valence-corrected chi connectivity index (χ1v) is 3.72. The highest BCUT2D eigenvalue weighted by Crippen LogP contribution is 2.19. The van der Waals surface area contributed by atoms with Gasteiger partial charge in [0.2, 0.25) is 0 Å². The lowest BCUT2D eigenvalue weighted by atomic mass is 10.2. The maximum absolute atomic E-state index is 12.7. The fourth-order valence-corrected chi connectivity index (χ4v) is 0.912. The molecule has 0 aliphatic carbocycles. The number of carbonyl (C=O) groups excluding carboxylic acids is 1. The second kappa shape index (κ2) is 3.87. The van der Waals surface area contributed by atoms with Crippen molar-refractivity contribution in [1.29, 1.82) is 0 Å². The third-order valence-electron chi connectivity index (χ3n) is 1.43. The van der Waals surface area contributed by atoms with Crippen LogP contribution in [0, 0.1) is 5.82 Å². The molecule has 5 heteroatoms. The van der Waals surface area contributed by atoms with E-state index >= 15 is 0 Å². The smallest absolute Gasteiger partial charge is 0.339 e. The number of esters is 1. The molecule has 0 saturated carbocycles. The Morgan fingerprint density at radius 2 is 2.07 bits per heavy atom. The van der Waals surface area contributed by atoms with Crippen molar-refractivity contribution in [3.63, 3.8) is 0 Å². The number of hydrogen-bond donors (Lipinski definition) is 1. The molecule has 0 aliphatic rings. The van der Waals surface area contributed by atoms with Gasteiger partial charge < -0.3 is 9.84 Å². The minimum absolute atomic E-state index is 0.249. The van der Waals surface area contributed by atoms with E-state index in [1.54, 1.807) is 0 Å². The molecule has 0 aliphatic heterocycles. The van der Waals surface area contributed by atoms with Gasteiger partial charge in [0.15, 0.2) is 0 Å². The predicted molar refractivity (Wildman–Crippen MR) is 44.7 cm³/mol. The van der Waals surface area contributed by atoms with Crippen molar-refractivity contribution in [2.24, 2.45) is 0 Å². The molecule has 0 fully saturated rings. The first kappa shape index (κ1) is 10.2. The van der Waals surface area contributed by atoms with Gasteiger partial charge in [0.25, 0.3) is 0 Å². The second-order valence-electron chi connectivity index (χ2n) is 2.54. The summed E-state index contributed by atoms with van der Waals surface area (Å²) < 4.78 is 17.2. The van der Waals surface area contributed by atoms with Gasteiger partial charge in [0.1, 0.15) is 17.1 Å². The maximum Gasteiger partial charge on any atom is 0.339 e. The number of rotatable bonds is 2. The monoisotopic (exact) mass is 198 g/mol. The highest BCUT2D eigenvalue weighted by atomic mass is 19.1. The van der Waals surface area contributed by atoms with Crippen LogP contribution in [0.1, 0.15) is 17.3 Å². The van der Waals surface area contributed by atoms with Crippen LogP contribution >= 0.6 is 0 Å². The Bertz CT molecular complexity index is 386. The molecule has 14 heavy (non-hydrogen) atoms. The summed E-state index contributed by atoms with van der Waals surface area (Å²) in [5.74, 6) is -2.92. The summed E-state index contributed by atoms with van der Waals surface area (Å²) in [6.07, 6.45) is 0. The zero-order valence-corrected chi connectivity index (χ0v) is 7.28. The van der Waals surface area contributed by atoms with Gasteiger partial charge in [-0.3, -0.25) is 4.79 Å². The molecule has 74 valence electrons. The average Bonchev–Trinajstić information content (AvgIpc) is 2.01. The van der Waals surface area contributed by atoms with E-state index in [0.29, 0.717) is 0 Å². The van der Waals surface area contributed by atoms with Crippen molar-refractivity contribution in [1.82, 2.24) is 0 Å². The SMILES string of the molecule is CC(=O)Oc1cc(F)ccc1C(=O)O. The molecular formula is C9H7FO4. The molecular weight excluding hydrogens is 191 g/mol. The van der Waals surface area contributed by atoms with Crippen molar-refractivity contribution in [2.45, 2.75) is 6.92 Å². The zero-order valence-electron chi connectivity index (χ0n) is 7.28. The van der Waals surface area contributed by atoms with Gasteiger partial charge in [-0.15, -0.1) is 0 Å². The highest BCUT2D eigenvalue weighted by Gasteiger charge is 2.13. The Labute approximate surface area is 78.9 Å². The molecule has 0 aromatic heterocycles. The number of carboxylic acid groups (broad SMARTS) is 1. The number of aromatic carboxylic acids is 1. The Morgan fingerprint density at radius 1 is 1.43 bits per heavy atom. The van der Waals surface area contributed by atoms with Crippen molar-refractivity contribution in [3.8, 4) is 5.75 Å². The number of carbonyl (C=O) groups is 2. The average molecular weight is 198 g/mol. The van der Waals surface area contributed by atoms with E-state index in [9.17, 15) is 14.0 Å². The number of hydrogen-bond acceptors (Lipinski definition) is 3. The Kier molecular flexibility index (Phi) is 2.81. The molecule has 1 aromatic rings. The standard InChI is InChI=1S/C9H7FO4/c1-5(11)14-8-4-6(10)2-3-7(8)9(12)13/h2-4H,1H3,(H,12,13). The van der Waals surface area contributed by atoms with E-state index in [4.69, 9.17) is 5.11 Å². The van der Waals surface area contributed by atoms with Crippen LogP contribution in [0.5, 0.6) is 5.75 Å². The molecule has 0 amide bonds. The summed E-state index contributed by atoms with van der Waals surface area (Å²) in [7, 11) is 0. The van der Waals surface area contributed by atoms with E-state index in [-0.39, 0.29) is 11.3 Å². The van der Waals surface area contributed by atoms with Crippen molar-refractivity contribution in [3.05, 3.63) is 29.6 Å². The molecule has 0 saturated heterocycles. The molecule has 0 heterocycles. The molecule has 0 bridgehead atoms. The van der Waals surface area contributed by atoms with Crippen molar-refractivity contribution >= 4 is 11.9 Å². The molecule has 1 aromatic carbocycles. The van der Waals surface area contributed by atoms with Crippen LogP contribution in [0.25, 0.3) is 0 Å². The minimum atomic E-state index is -1.28. The Balaban J connectivity index is 3.15. The molecule has 4 nitrogen and oxygen atoms in total. The van der Waals surface area contributed by atoms with Gasteiger partial charge >= 0.3 is 11.9 Å².